The summed E-state index contributed by atoms with van der Waals surface area (Å²) in [5.41, 5.74) is 0. The van der Waals surface area contributed by atoms with Crippen LogP contribution in [-0.2, 0) is 8.85 Å². The molecule has 2 unspecified atom stereocenters. The minimum absolute atomic E-state index is 0.660. The van der Waals surface area contributed by atoms with Gasteiger partial charge in [0.25, 0.3) is 0 Å². The smallest absolute Gasteiger partial charge is 0.199 e. The van der Waals surface area contributed by atoms with Crippen molar-refractivity contribution in [3.8, 4) is 0 Å². The van der Waals surface area contributed by atoms with E-state index in [0.29, 0.717) is 9.75 Å². The lowest BCUT2D eigenvalue weighted by Crippen LogP contribution is -2.41. The van der Waals surface area contributed by atoms with Gasteiger partial charge in [-0.3, -0.25) is 0 Å². The van der Waals surface area contributed by atoms with Gasteiger partial charge in [-0.05, 0) is 78.3 Å². The van der Waals surface area contributed by atoms with Gasteiger partial charge in [0, 0.05) is 24.0 Å². The highest BCUT2D eigenvalue weighted by Gasteiger charge is 2.34. The molecule has 0 fully saturated rings. The van der Waals surface area contributed by atoms with Crippen LogP contribution in [0, 0.1) is 0 Å². The highest BCUT2D eigenvalue weighted by atomic mass is 33.9. The summed E-state index contributed by atoms with van der Waals surface area (Å²) in [7, 11) is 12.7. The molecule has 2 nitrogen and oxygen atoms in total. The van der Waals surface area contributed by atoms with E-state index in [-0.39, 0.29) is 0 Å². The van der Waals surface area contributed by atoms with Crippen molar-refractivity contribution in [2.24, 2.45) is 0 Å². The molecular formula is C42H90O2S6Si2. The summed E-state index contributed by atoms with van der Waals surface area (Å²) >= 11 is 0. The SMILES string of the molecule is CCCCCCCCCCCCCCCCCC(SSSSSSC(CCCCCCCCCCCCCCCCC)[Si](C)(C)OC)[Si](C)(C)OC. The zero-order chi connectivity index (χ0) is 38.4. The van der Waals surface area contributed by atoms with Gasteiger partial charge in [-0.25, -0.2) is 0 Å². The summed E-state index contributed by atoms with van der Waals surface area (Å²) in [6.07, 6.45) is 45.6. The summed E-state index contributed by atoms with van der Waals surface area (Å²) in [6.45, 7) is 14.3. The Labute approximate surface area is 353 Å². The number of hydrogen-bond acceptors (Lipinski definition) is 8. The Balaban J connectivity index is 4.04. The second-order valence-corrected chi connectivity index (χ2v) is 35.7. The maximum atomic E-state index is 6.11. The van der Waals surface area contributed by atoms with E-state index in [9.17, 15) is 0 Å². The third-order valence-electron chi connectivity index (χ3n) is 11.1. The van der Waals surface area contributed by atoms with Crippen molar-refractivity contribution in [3.05, 3.63) is 0 Å². The van der Waals surface area contributed by atoms with Gasteiger partial charge in [0.05, 0.1) is 0 Å². The molecule has 0 aliphatic rings. The summed E-state index contributed by atoms with van der Waals surface area (Å²) in [4.78, 5) is 1.32. The molecule has 2 atom stereocenters. The van der Waals surface area contributed by atoms with Crippen molar-refractivity contribution < 1.29 is 8.85 Å². The first kappa shape index (κ1) is 54.5. The molecule has 0 bridgehead atoms. The summed E-state index contributed by atoms with van der Waals surface area (Å²) in [6, 6.07) is 0. The fraction of sp³-hybridized carbons (Fsp3) is 1.00. The van der Waals surface area contributed by atoms with Gasteiger partial charge in [0.15, 0.2) is 16.6 Å². The molecule has 314 valence electrons. The van der Waals surface area contributed by atoms with E-state index in [2.05, 4.69) is 61.6 Å². The van der Waals surface area contributed by atoms with Crippen LogP contribution in [0.15, 0.2) is 0 Å². The number of hydrogen-bond donors (Lipinski definition) is 0. The summed E-state index contributed by atoms with van der Waals surface area (Å²) in [5.74, 6) is 0. The molecule has 0 radical (unpaired) electrons. The second kappa shape index (κ2) is 40.2. The first-order valence-corrected chi connectivity index (χ1v) is 35.9. The first-order chi connectivity index (χ1) is 25.2. The van der Waals surface area contributed by atoms with Crippen LogP contribution in [-0.4, -0.2) is 40.6 Å². The molecule has 0 aromatic rings. The van der Waals surface area contributed by atoms with Crippen LogP contribution in [0.1, 0.15) is 219 Å². The van der Waals surface area contributed by atoms with Crippen molar-refractivity contribution in [2.75, 3.05) is 14.2 Å². The fourth-order valence-corrected chi connectivity index (χ4v) is 29.5. The lowest BCUT2D eigenvalue weighted by Gasteiger charge is -2.30. The minimum Gasteiger partial charge on any atom is -0.419 e. The number of unbranched alkanes of at least 4 members (excludes halogenated alkanes) is 28. The molecule has 0 saturated carbocycles. The van der Waals surface area contributed by atoms with Crippen LogP contribution < -0.4 is 0 Å². The van der Waals surface area contributed by atoms with Crippen LogP contribution in [0.2, 0.25) is 26.2 Å². The molecule has 0 aliphatic carbocycles. The topological polar surface area (TPSA) is 18.5 Å². The van der Waals surface area contributed by atoms with Crippen LogP contribution in [0.5, 0.6) is 0 Å². The third kappa shape index (κ3) is 34.5. The molecule has 0 spiro atoms. The van der Waals surface area contributed by atoms with Gasteiger partial charge in [-0.2, -0.15) is 0 Å². The van der Waals surface area contributed by atoms with Crippen molar-refractivity contribution >= 4 is 77.5 Å². The molecule has 0 heterocycles. The maximum absolute atomic E-state index is 6.11. The van der Waals surface area contributed by atoms with Gasteiger partial charge in [-0.15, -0.1) is 0 Å². The van der Waals surface area contributed by atoms with Crippen LogP contribution >= 0.6 is 60.9 Å². The monoisotopic (exact) mass is 874 g/mol. The highest BCUT2D eigenvalue weighted by Crippen LogP contribution is 2.56. The second-order valence-electron chi connectivity index (χ2n) is 16.5. The predicted molar refractivity (Wildman–Crippen MR) is 261 cm³/mol. The molecule has 0 aliphatic heterocycles. The molecular weight excluding hydrogens is 785 g/mol. The van der Waals surface area contributed by atoms with Gasteiger partial charge < -0.3 is 8.85 Å². The largest absolute Gasteiger partial charge is 0.419 e. The summed E-state index contributed by atoms with van der Waals surface area (Å²) < 4.78 is 12.2. The van der Waals surface area contributed by atoms with E-state index in [1.165, 1.54) is 205 Å². The van der Waals surface area contributed by atoms with E-state index in [4.69, 9.17) is 8.85 Å². The Morgan fingerprint density at radius 2 is 0.538 bits per heavy atom. The Bertz CT molecular complexity index is 664. The van der Waals surface area contributed by atoms with Gasteiger partial charge in [-0.1, -0.05) is 228 Å². The maximum Gasteiger partial charge on any atom is 0.199 e. The average molecular weight is 876 g/mol. The van der Waals surface area contributed by atoms with Crippen molar-refractivity contribution in [1.29, 1.82) is 0 Å². The van der Waals surface area contributed by atoms with E-state index in [1.807, 2.05) is 53.5 Å². The summed E-state index contributed by atoms with van der Waals surface area (Å²) in [5, 5.41) is 0. The molecule has 0 amide bonds. The van der Waals surface area contributed by atoms with Gasteiger partial charge >= 0.3 is 0 Å². The lowest BCUT2D eigenvalue weighted by molar-refractivity contribution is 0.398. The first-order valence-electron chi connectivity index (χ1n) is 22.3. The van der Waals surface area contributed by atoms with Crippen LogP contribution in [0.4, 0.5) is 0 Å². The van der Waals surface area contributed by atoms with E-state index in [1.54, 1.807) is 0 Å². The van der Waals surface area contributed by atoms with E-state index >= 15 is 0 Å². The third-order valence-corrected chi connectivity index (χ3v) is 33.1. The number of rotatable bonds is 43. The molecule has 52 heavy (non-hydrogen) atoms. The molecule has 0 aromatic carbocycles. The standard InChI is InChI=1S/C42H90O2S6Si2/c1-9-11-13-15-17-19-21-23-25-27-29-31-33-35-37-39-41(51(5,6)43-3)45-47-49-50-48-46-42(52(7,8)44-4)40-38-36-34-32-30-28-26-24-22-20-18-16-14-12-10-2/h41-42H,9-40H2,1-8H3. The molecule has 0 N–H and O–H groups in total. The van der Waals surface area contributed by atoms with E-state index in [0.717, 1.165) is 0 Å². The Hall–Kier alpha value is 2.45. The van der Waals surface area contributed by atoms with Gasteiger partial charge in [0.1, 0.15) is 0 Å². The fourth-order valence-electron chi connectivity index (χ4n) is 6.84. The Morgan fingerprint density at radius 3 is 0.750 bits per heavy atom. The van der Waals surface area contributed by atoms with Gasteiger partial charge in [0.2, 0.25) is 0 Å². The molecule has 0 aromatic heterocycles. The van der Waals surface area contributed by atoms with Crippen molar-refractivity contribution in [3.63, 3.8) is 0 Å². The van der Waals surface area contributed by atoms with Crippen LogP contribution in [0.3, 0.4) is 0 Å². The van der Waals surface area contributed by atoms with Crippen LogP contribution in [0.25, 0.3) is 0 Å². The average Bonchev–Trinajstić information content (AvgIpc) is 3.14. The van der Waals surface area contributed by atoms with Crippen molar-refractivity contribution in [1.82, 2.24) is 0 Å². The highest BCUT2D eigenvalue weighted by molar-refractivity contribution is 9.42. The quantitative estimate of drug-likeness (QED) is 0.0338. The zero-order valence-corrected chi connectivity index (χ0v) is 42.9. The minimum atomic E-state index is -1.68. The Kier molecular flexibility index (Phi) is 42.1. The molecule has 10 heteroatoms. The molecule has 0 rings (SSSR count). The lowest BCUT2D eigenvalue weighted by atomic mass is 10.0. The van der Waals surface area contributed by atoms with E-state index < -0.39 is 16.6 Å². The molecule has 0 saturated heterocycles. The Morgan fingerprint density at radius 1 is 0.327 bits per heavy atom. The van der Waals surface area contributed by atoms with Crippen molar-refractivity contribution in [2.45, 2.75) is 255 Å². The predicted octanol–water partition coefficient (Wildman–Crippen LogP) is 19.0. The zero-order valence-electron chi connectivity index (χ0n) is 36.0. The normalized spacial score (nSPS) is 13.6.